The Morgan fingerprint density at radius 1 is 0.324 bits per heavy atom. The van der Waals surface area contributed by atoms with E-state index in [0.29, 0.717) is 38.5 Å². The van der Waals surface area contributed by atoms with Crippen molar-refractivity contribution in [3.63, 3.8) is 0 Å². The topological polar surface area (TPSA) is 241 Å². The normalized spacial score (nSPS) is 7.95. The third-order valence-electron chi connectivity index (χ3n) is 2.72. The fraction of sp³-hybridized carbons (Fsp3) is 0.750. The molecular weight excluding hydrogens is 664 g/mol. The first-order valence-electron chi connectivity index (χ1n) is 11.8. The molecule has 37 heavy (non-hydrogen) atoms. The molecule has 0 rings (SSSR count). The summed E-state index contributed by atoms with van der Waals surface area (Å²) in [5.41, 5.74) is 0. The second-order valence-electron chi connectivity index (χ2n) is 6.73. The smallest absolute Gasteiger partial charge is 0.0414 e. The summed E-state index contributed by atoms with van der Waals surface area (Å²) in [6, 6.07) is 0. The first kappa shape index (κ1) is 51.2. The predicted molar refractivity (Wildman–Crippen MR) is 119 cm³/mol. The second-order valence-corrected chi connectivity index (χ2v) is 6.73. The van der Waals surface area contributed by atoms with Gasteiger partial charge in [-0.25, -0.2) is 0 Å². The van der Waals surface area contributed by atoms with Gasteiger partial charge in [-0.3, -0.25) is 0 Å². The zero-order valence-electron chi connectivity index (χ0n) is 22.8. The number of hydrogen-bond donors (Lipinski definition) is 0. The SMILES string of the molecule is CCCC(=O)[O-].CCCC(=O)[O-].CCCC(=O)[O-].CCCC(=O)[O-].CCCC(=O)[O-].CCCC(=O)[O-].[W]. The summed E-state index contributed by atoms with van der Waals surface area (Å²) in [6.07, 6.45) is 5.10. The number of carbonyl (C=O) groups excluding carboxylic acids is 6. The molecule has 0 amide bonds. The van der Waals surface area contributed by atoms with Crippen LogP contribution in [0.5, 0.6) is 0 Å². The Labute approximate surface area is 234 Å². The van der Waals surface area contributed by atoms with Gasteiger partial charge in [-0.2, -0.15) is 0 Å². The van der Waals surface area contributed by atoms with E-state index in [1.54, 1.807) is 41.5 Å². The maximum atomic E-state index is 9.49. The van der Waals surface area contributed by atoms with E-state index in [2.05, 4.69) is 0 Å². The number of rotatable bonds is 12. The van der Waals surface area contributed by atoms with Gasteiger partial charge >= 0.3 is 0 Å². The van der Waals surface area contributed by atoms with Gasteiger partial charge in [-0.05, 0) is 38.5 Å². The molecule has 12 nitrogen and oxygen atoms in total. The molecule has 0 aromatic rings. The van der Waals surface area contributed by atoms with Crippen LogP contribution in [0.3, 0.4) is 0 Å². The molecule has 0 unspecified atom stereocenters. The van der Waals surface area contributed by atoms with E-state index in [1.165, 1.54) is 0 Å². The van der Waals surface area contributed by atoms with Gasteiger partial charge in [0.05, 0.1) is 0 Å². The zero-order valence-corrected chi connectivity index (χ0v) is 25.7. The first-order chi connectivity index (χ1) is 16.6. The van der Waals surface area contributed by atoms with Crippen molar-refractivity contribution in [2.75, 3.05) is 0 Å². The predicted octanol–water partition coefficient (Wildman–Crippen LogP) is -2.78. The number of carboxylic acid groups (broad SMARTS) is 6. The van der Waals surface area contributed by atoms with E-state index in [-0.39, 0.29) is 59.6 Å². The van der Waals surface area contributed by atoms with Crippen molar-refractivity contribution in [3.8, 4) is 0 Å². The van der Waals surface area contributed by atoms with Crippen LogP contribution in [0.15, 0.2) is 0 Å². The van der Waals surface area contributed by atoms with Crippen molar-refractivity contribution in [3.05, 3.63) is 0 Å². The third-order valence-corrected chi connectivity index (χ3v) is 2.72. The van der Waals surface area contributed by atoms with Crippen LogP contribution in [0.25, 0.3) is 0 Å². The van der Waals surface area contributed by atoms with Gasteiger partial charge in [-0.1, -0.05) is 80.1 Å². The minimum Gasteiger partial charge on any atom is -0.550 e. The van der Waals surface area contributed by atoms with Crippen LogP contribution in [0.2, 0.25) is 0 Å². The van der Waals surface area contributed by atoms with Crippen LogP contribution in [0, 0.1) is 0 Å². The molecule has 0 N–H and O–H groups in total. The van der Waals surface area contributed by atoms with Crippen molar-refractivity contribution in [2.24, 2.45) is 0 Å². The van der Waals surface area contributed by atoms with Gasteiger partial charge in [0.2, 0.25) is 0 Å². The summed E-state index contributed by atoms with van der Waals surface area (Å²) in [7, 11) is 0. The van der Waals surface area contributed by atoms with Crippen LogP contribution in [-0.2, 0) is 49.8 Å². The Morgan fingerprint density at radius 3 is 0.405 bits per heavy atom. The van der Waals surface area contributed by atoms with Crippen molar-refractivity contribution in [2.45, 2.75) is 119 Å². The van der Waals surface area contributed by atoms with E-state index in [4.69, 9.17) is 0 Å². The quantitative estimate of drug-likeness (QED) is 0.200. The summed E-state index contributed by atoms with van der Waals surface area (Å²) in [6.45, 7) is 10.8. The summed E-state index contributed by atoms with van der Waals surface area (Å²) in [5, 5.41) is 56.9. The second kappa shape index (κ2) is 46.8. The number of aliphatic carboxylic acids is 6. The zero-order chi connectivity index (χ0) is 29.9. The van der Waals surface area contributed by atoms with Gasteiger partial charge < -0.3 is 59.4 Å². The first-order valence-corrected chi connectivity index (χ1v) is 11.8. The molecule has 0 saturated heterocycles. The summed E-state index contributed by atoms with van der Waals surface area (Å²) >= 11 is 0. The minimum absolute atomic E-state index is 0. The molecule has 0 aromatic carbocycles. The Balaban J connectivity index is -0.0000000581. The van der Waals surface area contributed by atoms with Gasteiger partial charge in [0.25, 0.3) is 0 Å². The van der Waals surface area contributed by atoms with Crippen molar-refractivity contribution in [1.82, 2.24) is 0 Å². The Hall–Kier alpha value is -2.49. The minimum atomic E-state index is -0.961. The van der Waals surface area contributed by atoms with E-state index >= 15 is 0 Å². The number of hydrogen-bond acceptors (Lipinski definition) is 12. The monoisotopic (exact) mass is 706 g/mol. The molecule has 0 aliphatic rings. The molecular formula is C24H42O12W-6. The average Bonchev–Trinajstić information content (AvgIpc) is 2.69. The fourth-order valence-corrected chi connectivity index (χ4v) is 1.22. The van der Waals surface area contributed by atoms with Gasteiger partial charge in [0.1, 0.15) is 0 Å². The van der Waals surface area contributed by atoms with Gasteiger partial charge in [0, 0.05) is 56.9 Å². The van der Waals surface area contributed by atoms with Crippen LogP contribution in [0.4, 0.5) is 0 Å². The molecule has 0 aliphatic heterocycles. The Kier molecular flexibility index (Phi) is 64.8. The van der Waals surface area contributed by atoms with Crippen LogP contribution >= 0.6 is 0 Å². The van der Waals surface area contributed by atoms with E-state index in [1.807, 2.05) is 0 Å². The summed E-state index contributed by atoms with van der Waals surface area (Å²) < 4.78 is 0. The van der Waals surface area contributed by atoms with Gasteiger partial charge in [-0.15, -0.1) is 0 Å². The van der Waals surface area contributed by atoms with Crippen molar-refractivity contribution >= 4 is 35.8 Å². The van der Waals surface area contributed by atoms with Crippen LogP contribution < -0.4 is 30.6 Å². The molecule has 0 aromatic heterocycles. The molecule has 0 fully saturated rings. The summed E-state index contributed by atoms with van der Waals surface area (Å²) in [4.78, 5) is 56.9. The average molecular weight is 706 g/mol. The van der Waals surface area contributed by atoms with Crippen LogP contribution in [0.1, 0.15) is 119 Å². The molecule has 0 aliphatic carbocycles. The maximum absolute atomic E-state index is 9.49. The Bertz CT molecular complexity index is 428. The summed E-state index contributed by atoms with van der Waals surface area (Å²) in [5.74, 6) is -5.76. The fourth-order valence-electron chi connectivity index (χ4n) is 1.22. The Morgan fingerprint density at radius 2 is 0.405 bits per heavy atom. The number of carbonyl (C=O) groups is 6. The molecule has 13 heteroatoms. The van der Waals surface area contributed by atoms with E-state index < -0.39 is 35.8 Å². The standard InChI is InChI=1S/6C4H8O2.W/c6*1-2-3-4(5)6;/h6*2-3H2,1H3,(H,5,6);/p-6. The molecule has 0 atom stereocenters. The molecule has 0 spiro atoms. The van der Waals surface area contributed by atoms with E-state index in [0.717, 1.165) is 0 Å². The molecule has 0 saturated carbocycles. The van der Waals surface area contributed by atoms with Crippen molar-refractivity contribution < 1.29 is 80.5 Å². The number of carboxylic acids is 6. The maximum Gasteiger partial charge on any atom is 0.0414 e. The molecule has 0 heterocycles. The largest absolute Gasteiger partial charge is 0.550 e. The molecule has 222 valence electrons. The molecule has 0 bridgehead atoms. The van der Waals surface area contributed by atoms with Crippen molar-refractivity contribution in [1.29, 1.82) is 0 Å². The third kappa shape index (κ3) is 138. The van der Waals surface area contributed by atoms with Crippen LogP contribution in [-0.4, -0.2) is 35.8 Å². The molecule has 0 radical (unpaired) electrons. The van der Waals surface area contributed by atoms with Gasteiger partial charge in [0.15, 0.2) is 0 Å². The van der Waals surface area contributed by atoms with E-state index in [9.17, 15) is 59.4 Å².